The molecule has 0 aliphatic heterocycles. The number of nitrogens with two attached hydrogens (primary N) is 1. The minimum Gasteiger partial charge on any atom is -0.399 e. The molecule has 0 aliphatic carbocycles. The molecule has 2 heterocycles. The van der Waals surface area contributed by atoms with E-state index in [-0.39, 0.29) is 0 Å². The summed E-state index contributed by atoms with van der Waals surface area (Å²) in [7, 11) is 0. The zero-order valence-electron chi connectivity index (χ0n) is 9.55. The molecular formula is C13H13N3S. The maximum atomic E-state index is 5.75. The molecule has 17 heavy (non-hydrogen) atoms. The first kappa shape index (κ1) is 10.4. The number of imidazole rings is 1. The van der Waals surface area contributed by atoms with Crippen molar-refractivity contribution in [1.82, 2.24) is 9.55 Å². The average Bonchev–Trinajstić information content (AvgIpc) is 2.87. The highest BCUT2D eigenvalue weighted by Gasteiger charge is 2.05. The van der Waals surface area contributed by atoms with Crippen molar-refractivity contribution in [1.29, 1.82) is 0 Å². The van der Waals surface area contributed by atoms with E-state index < -0.39 is 0 Å². The summed E-state index contributed by atoms with van der Waals surface area (Å²) in [6, 6.07) is 8.01. The molecule has 0 radical (unpaired) electrons. The summed E-state index contributed by atoms with van der Waals surface area (Å²) in [6.45, 7) is 3.02. The van der Waals surface area contributed by atoms with Crippen LogP contribution in [-0.2, 0) is 6.54 Å². The standard InChI is InChI=1S/C13H13N3S/c1-9-4-5-17-13(9)7-16-8-15-11-6-10(14)2-3-12(11)16/h2-6,8H,7,14H2,1H3. The van der Waals surface area contributed by atoms with Crippen molar-refractivity contribution < 1.29 is 0 Å². The van der Waals surface area contributed by atoms with Crippen molar-refractivity contribution in [3.8, 4) is 0 Å². The second-order valence-corrected chi connectivity index (χ2v) is 5.15. The molecule has 0 bridgehead atoms. The normalized spacial score (nSPS) is 11.1. The highest BCUT2D eigenvalue weighted by Crippen LogP contribution is 2.21. The summed E-state index contributed by atoms with van der Waals surface area (Å²) in [5, 5.41) is 2.13. The van der Waals surface area contributed by atoms with Crippen molar-refractivity contribution in [2.24, 2.45) is 0 Å². The van der Waals surface area contributed by atoms with Gasteiger partial charge in [-0.1, -0.05) is 0 Å². The number of aromatic nitrogens is 2. The maximum Gasteiger partial charge on any atom is 0.0961 e. The predicted molar refractivity (Wildman–Crippen MR) is 72.3 cm³/mol. The molecule has 2 aromatic heterocycles. The smallest absolute Gasteiger partial charge is 0.0961 e. The number of hydrogen-bond donors (Lipinski definition) is 1. The molecule has 1 aromatic carbocycles. The van der Waals surface area contributed by atoms with Gasteiger partial charge in [-0.2, -0.15) is 0 Å². The van der Waals surface area contributed by atoms with Crippen LogP contribution in [0.1, 0.15) is 10.4 Å². The number of rotatable bonds is 2. The Morgan fingerprint density at radius 2 is 2.24 bits per heavy atom. The fourth-order valence-corrected chi connectivity index (χ4v) is 2.83. The fourth-order valence-electron chi connectivity index (χ4n) is 1.93. The quantitative estimate of drug-likeness (QED) is 0.703. The molecule has 3 rings (SSSR count). The van der Waals surface area contributed by atoms with Gasteiger partial charge < -0.3 is 10.3 Å². The van der Waals surface area contributed by atoms with E-state index >= 15 is 0 Å². The Kier molecular flexibility index (Phi) is 2.37. The van der Waals surface area contributed by atoms with Crippen molar-refractivity contribution in [3.63, 3.8) is 0 Å². The third kappa shape index (κ3) is 1.80. The zero-order valence-corrected chi connectivity index (χ0v) is 10.4. The maximum absolute atomic E-state index is 5.75. The molecule has 4 heteroatoms. The van der Waals surface area contributed by atoms with E-state index in [4.69, 9.17) is 5.73 Å². The molecule has 0 saturated heterocycles. The van der Waals surface area contributed by atoms with Crippen LogP contribution in [0.5, 0.6) is 0 Å². The molecule has 3 nitrogen and oxygen atoms in total. The Labute approximate surface area is 104 Å². The molecule has 0 saturated carbocycles. The molecule has 0 atom stereocenters. The lowest BCUT2D eigenvalue weighted by molar-refractivity contribution is 0.833. The minimum absolute atomic E-state index is 0.759. The predicted octanol–water partition coefficient (Wildman–Crippen LogP) is 3.04. The van der Waals surface area contributed by atoms with Crippen LogP contribution >= 0.6 is 11.3 Å². The second-order valence-electron chi connectivity index (χ2n) is 4.15. The van der Waals surface area contributed by atoms with Gasteiger partial charge in [-0.15, -0.1) is 11.3 Å². The van der Waals surface area contributed by atoms with Crippen molar-refractivity contribution in [3.05, 3.63) is 46.4 Å². The lowest BCUT2D eigenvalue weighted by Gasteiger charge is -2.03. The second kappa shape index (κ2) is 3.89. The summed E-state index contributed by atoms with van der Waals surface area (Å²) < 4.78 is 2.16. The number of aryl methyl sites for hydroxylation is 1. The molecule has 0 spiro atoms. The van der Waals surface area contributed by atoms with Crippen LogP contribution in [0.2, 0.25) is 0 Å². The van der Waals surface area contributed by atoms with Crippen LogP contribution < -0.4 is 5.73 Å². The first-order valence-electron chi connectivity index (χ1n) is 5.47. The Balaban J connectivity index is 2.04. The largest absolute Gasteiger partial charge is 0.399 e. The summed E-state index contributed by atoms with van der Waals surface area (Å²) in [6.07, 6.45) is 1.88. The van der Waals surface area contributed by atoms with E-state index in [1.165, 1.54) is 10.4 Å². The molecule has 0 aliphatic rings. The summed E-state index contributed by atoms with van der Waals surface area (Å²) in [5.41, 5.74) is 9.93. The van der Waals surface area contributed by atoms with Gasteiger partial charge in [0.25, 0.3) is 0 Å². The highest BCUT2D eigenvalue weighted by atomic mass is 32.1. The molecule has 3 aromatic rings. The Morgan fingerprint density at radius 1 is 1.35 bits per heavy atom. The van der Waals surface area contributed by atoms with Gasteiger partial charge in [0.05, 0.1) is 23.9 Å². The molecule has 0 unspecified atom stereocenters. The molecule has 86 valence electrons. The van der Waals surface area contributed by atoms with E-state index in [2.05, 4.69) is 27.9 Å². The molecule has 0 amide bonds. The van der Waals surface area contributed by atoms with E-state index in [1.807, 2.05) is 24.5 Å². The van der Waals surface area contributed by atoms with E-state index in [1.54, 1.807) is 11.3 Å². The van der Waals surface area contributed by atoms with Gasteiger partial charge >= 0.3 is 0 Å². The molecule has 2 N–H and O–H groups in total. The number of nitrogens with zero attached hydrogens (tertiary/aromatic N) is 2. The topological polar surface area (TPSA) is 43.8 Å². The van der Waals surface area contributed by atoms with Crippen LogP contribution in [0.3, 0.4) is 0 Å². The minimum atomic E-state index is 0.759. The molecular weight excluding hydrogens is 230 g/mol. The van der Waals surface area contributed by atoms with E-state index in [0.717, 1.165) is 23.3 Å². The summed E-state index contributed by atoms with van der Waals surface area (Å²) in [4.78, 5) is 5.75. The third-order valence-corrected chi connectivity index (χ3v) is 3.93. The van der Waals surface area contributed by atoms with Crippen LogP contribution in [0, 0.1) is 6.92 Å². The van der Waals surface area contributed by atoms with Crippen molar-refractivity contribution in [2.75, 3.05) is 5.73 Å². The zero-order chi connectivity index (χ0) is 11.8. The van der Waals surface area contributed by atoms with Gasteiger partial charge in [-0.3, -0.25) is 0 Å². The Bertz CT molecular complexity index is 666. The van der Waals surface area contributed by atoms with Crippen LogP contribution in [0.15, 0.2) is 36.0 Å². The number of anilines is 1. The van der Waals surface area contributed by atoms with Gasteiger partial charge in [0.2, 0.25) is 0 Å². The third-order valence-electron chi connectivity index (χ3n) is 2.93. The Hall–Kier alpha value is -1.81. The summed E-state index contributed by atoms with van der Waals surface area (Å²) >= 11 is 1.79. The van der Waals surface area contributed by atoms with Gasteiger partial charge in [0.15, 0.2) is 0 Å². The fraction of sp³-hybridized carbons (Fsp3) is 0.154. The lowest BCUT2D eigenvalue weighted by atomic mass is 10.2. The van der Waals surface area contributed by atoms with Crippen LogP contribution in [0.25, 0.3) is 11.0 Å². The van der Waals surface area contributed by atoms with E-state index in [9.17, 15) is 0 Å². The number of benzene rings is 1. The van der Waals surface area contributed by atoms with Gasteiger partial charge in [0, 0.05) is 10.6 Å². The number of fused-ring (bicyclic) bond motifs is 1. The van der Waals surface area contributed by atoms with Gasteiger partial charge in [-0.05, 0) is 42.1 Å². The van der Waals surface area contributed by atoms with Gasteiger partial charge in [0.1, 0.15) is 0 Å². The van der Waals surface area contributed by atoms with Crippen molar-refractivity contribution >= 4 is 28.1 Å². The number of thiophene rings is 1. The lowest BCUT2D eigenvalue weighted by Crippen LogP contribution is -1.97. The van der Waals surface area contributed by atoms with Crippen LogP contribution in [0.4, 0.5) is 5.69 Å². The number of nitrogen functional groups attached to an aromatic ring is 1. The number of hydrogen-bond acceptors (Lipinski definition) is 3. The Morgan fingerprint density at radius 3 is 3.00 bits per heavy atom. The first-order chi connectivity index (χ1) is 8.24. The van der Waals surface area contributed by atoms with Crippen molar-refractivity contribution in [2.45, 2.75) is 13.5 Å². The summed E-state index contributed by atoms with van der Waals surface area (Å²) in [5.74, 6) is 0. The average molecular weight is 243 g/mol. The highest BCUT2D eigenvalue weighted by molar-refractivity contribution is 7.10. The van der Waals surface area contributed by atoms with Crippen LogP contribution in [-0.4, -0.2) is 9.55 Å². The molecule has 0 fully saturated rings. The van der Waals surface area contributed by atoms with E-state index in [0.29, 0.717) is 0 Å². The monoisotopic (exact) mass is 243 g/mol. The first-order valence-corrected chi connectivity index (χ1v) is 6.35. The SMILES string of the molecule is Cc1ccsc1Cn1cnc2cc(N)ccc21. The van der Waals surface area contributed by atoms with Gasteiger partial charge in [-0.25, -0.2) is 4.98 Å².